The summed E-state index contributed by atoms with van der Waals surface area (Å²) in [5.41, 5.74) is 6.49. The summed E-state index contributed by atoms with van der Waals surface area (Å²) in [5.74, 6) is 0.892. The lowest BCUT2D eigenvalue weighted by atomic mass is 10.2. The molecule has 0 bridgehead atoms. The molecule has 0 amide bonds. The van der Waals surface area contributed by atoms with Gasteiger partial charge in [0.2, 0.25) is 0 Å². The van der Waals surface area contributed by atoms with Crippen LogP contribution < -0.4 is 10.5 Å². The molecular formula is C8H10N2O. The lowest BCUT2D eigenvalue weighted by molar-refractivity contribution is 0.241. The number of aromatic nitrogens is 1. The van der Waals surface area contributed by atoms with E-state index in [2.05, 4.69) is 4.98 Å². The Bertz CT molecular complexity index is 237. The molecule has 0 fully saturated rings. The third kappa shape index (κ3) is 1.07. The Balaban J connectivity index is 2.27. The number of hydrogen-bond acceptors (Lipinski definition) is 3. The van der Waals surface area contributed by atoms with E-state index in [0.717, 1.165) is 17.9 Å². The number of hydrogen-bond donors (Lipinski definition) is 1. The zero-order chi connectivity index (χ0) is 7.68. The molecule has 1 aromatic heterocycles. The minimum Gasteiger partial charge on any atom is -0.487 e. The van der Waals surface area contributed by atoms with Gasteiger partial charge in [0.05, 0.1) is 5.69 Å². The van der Waals surface area contributed by atoms with Gasteiger partial charge in [-0.2, -0.15) is 0 Å². The molecule has 0 saturated carbocycles. The highest BCUT2D eigenvalue weighted by Gasteiger charge is 2.21. The number of ether oxygens (including phenoxy) is 1. The van der Waals surface area contributed by atoms with Crippen LogP contribution in [-0.2, 0) is 6.42 Å². The summed E-state index contributed by atoms with van der Waals surface area (Å²) in [7, 11) is 0. The van der Waals surface area contributed by atoms with Crippen molar-refractivity contribution in [2.75, 3.05) is 6.54 Å². The quantitative estimate of drug-likeness (QED) is 0.628. The molecule has 0 radical (unpaired) electrons. The smallest absolute Gasteiger partial charge is 0.141 e. The van der Waals surface area contributed by atoms with Gasteiger partial charge in [-0.1, -0.05) is 0 Å². The summed E-state index contributed by atoms with van der Waals surface area (Å²) >= 11 is 0. The van der Waals surface area contributed by atoms with Gasteiger partial charge in [-0.15, -0.1) is 0 Å². The first kappa shape index (κ1) is 6.61. The second-order valence-corrected chi connectivity index (χ2v) is 2.63. The van der Waals surface area contributed by atoms with Crippen LogP contribution in [0.1, 0.15) is 5.69 Å². The van der Waals surface area contributed by atoms with Crippen molar-refractivity contribution < 1.29 is 4.74 Å². The highest BCUT2D eigenvalue weighted by Crippen LogP contribution is 2.25. The molecule has 2 heterocycles. The second kappa shape index (κ2) is 2.51. The Morgan fingerprint density at radius 2 is 2.64 bits per heavy atom. The maximum absolute atomic E-state index is 5.47. The Morgan fingerprint density at radius 3 is 3.36 bits per heavy atom. The number of rotatable bonds is 1. The molecule has 0 aliphatic carbocycles. The highest BCUT2D eigenvalue weighted by atomic mass is 16.5. The van der Waals surface area contributed by atoms with Crippen LogP contribution in [0, 0.1) is 0 Å². The summed E-state index contributed by atoms with van der Waals surface area (Å²) in [6, 6.07) is 3.80. The van der Waals surface area contributed by atoms with E-state index in [1.54, 1.807) is 6.20 Å². The molecule has 3 heteroatoms. The van der Waals surface area contributed by atoms with Crippen molar-refractivity contribution in [1.29, 1.82) is 0 Å². The molecule has 11 heavy (non-hydrogen) atoms. The van der Waals surface area contributed by atoms with Gasteiger partial charge in [-0.3, -0.25) is 4.98 Å². The fourth-order valence-electron chi connectivity index (χ4n) is 1.25. The molecule has 1 aromatic rings. The lowest BCUT2D eigenvalue weighted by Gasteiger charge is -2.04. The number of nitrogens with two attached hydrogens (primary N) is 1. The van der Waals surface area contributed by atoms with Gasteiger partial charge in [-0.25, -0.2) is 0 Å². The molecule has 0 saturated heterocycles. The van der Waals surface area contributed by atoms with Gasteiger partial charge in [-0.05, 0) is 12.1 Å². The molecule has 2 rings (SSSR count). The Morgan fingerprint density at radius 1 is 1.73 bits per heavy atom. The van der Waals surface area contributed by atoms with Crippen LogP contribution in [0.15, 0.2) is 18.3 Å². The first-order valence-corrected chi connectivity index (χ1v) is 3.71. The molecule has 1 aliphatic rings. The summed E-state index contributed by atoms with van der Waals surface area (Å²) in [6.07, 6.45) is 2.77. The average molecular weight is 150 g/mol. The van der Waals surface area contributed by atoms with E-state index in [-0.39, 0.29) is 6.10 Å². The van der Waals surface area contributed by atoms with Crippen LogP contribution in [0.4, 0.5) is 0 Å². The summed E-state index contributed by atoms with van der Waals surface area (Å²) in [6.45, 7) is 0.566. The highest BCUT2D eigenvalue weighted by molar-refractivity contribution is 5.31. The van der Waals surface area contributed by atoms with Crippen molar-refractivity contribution >= 4 is 0 Å². The lowest BCUT2D eigenvalue weighted by Crippen LogP contribution is -2.24. The van der Waals surface area contributed by atoms with Crippen LogP contribution in [-0.4, -0.2) is 17.6 Å². The minimum atomic E-state index is 0.139. The van der Waals surface area contributed by atoms with E-state index in [1.807, 2.05) is 12.1 Å². The van der Waals surface area contributed by atoms with Crippen molar-refractivity contribution in [1.82, 2.24) is 4.98 Å². The normalized spacial score (nSPS) is 21.0. The number of pyridine rings is 1. The predicted molar refractivity (Wildman–Crippen MR) is 41.4 cm³/mol. The molecular weight excluding hydrogens is 140 g/mol. The predicted octanol–water partition coefficient (Wildman–Crippen LogP) is 0.344. The van der Waals surface area contributed by atoms with E-state index in [0.29, 0.717) is 6.54 Å². The zero-order valence-corrected chi connectivity index (χ0v) is 6.16. The topological polar surface area (TPSA) is 48.1 Å². The summed E-state index contributed by atoms with van der Waals surface area (Å²) in [4.78, 5) is 4.18. The Labute approximate surface area is 65.2 Å². The minimum absolute atomic E-state index is 0.139. The molecule has 1 aliphatic heterocycles. The maximum atomic E-state index is 5.47. The van der Waals surface area contributed by atoms with Crippen molar-refractivity contribution in [2.45, 2.75) is 12.5 Å². The number of nitrogens with zero attached hydrogens (tertiary/aromatic N) is 1. The van der Waals surface area contributed by atoms with E-state index in [9.17, 15) is 0 Å². The van der Waals surface area contributed by atoms with Crippen LogP contribution in [0.25, 0.3) is 0 Å². The van der Waals surface area contributed by atoms with Gasteiger partial charge < -0.3 is 10.5 Å². The molecule has 1 unspecified atom stereocenters. The van der Waals surface area contributed by atoms with E-state index in [4.69, 9.17) is 10.5 Å². The molecule has 0 aromatic carbocycles. The van der Waals surface area contributed by atoms with E-state index < -0.39 is 0 Å². The van der Waals surface area contributed by atoms with Crippen molar-refractivity contribution in [3.05, 3.63) is 24.0 Å². The monoisotopic (exact) mass is 150 g/mol. The van der Waals surface area contributed by atoms with Crippen LogP contribution in [0.2, 0.25) is 0 Å². The molecule has 58 valence electrons. The molecule has 0 spiro atoms. The SMILES string of the molecule is NCC1Cc2ncccc2O1. The van der Waals surface area contributed by atoms with Crippen molar-refractivity contribution in [3.63, 3.8) is 0 Å². The first-order valence-electron chi connectivity index (χ1n) is 3.71. The summed E-state index contributed by atoms with van der Waals surface area (Å²) < 4.78 is 5.47. The fraction of sp³-hybridized carbons (Fsp3) is 0.375. The fourth-order valence-corrected chi connectivity index (χ4v) is 1.25. The van der Waals surface area contributed by atoms with Gasteiger partial charge in [0.15, 0.2) is 0 Å². The Kier molecular flexibility index (Phi) is 1.51. The van der Waals surface area contributed by atoms with E-state index >= 15 is 0 Å². The standard InChI is InChI=1S/C8H10N2O/c9-5-6-4-7-8(11-6)2-1-3-10-7/h1-3,6H,4-5,9H2. The molecule has 3 nitrogen and oxygen atoms in total. The van der Waals surface area contributed by atoms with Crippen LogP contribution >= 0.6 is 0 Å². The average Bonchev–Trinajstić information content (AvgIpc) is 2.46. The molecule has 1 atom stereocenters. The van der Waals surface area contributed by atoms with Gasteiger partial charge in [0.25, 0.3) is 0 Å². The van der Waals surface area contributed by atoms with Crippen molar-refractivity contribution in [3.8, 4) is 5.75 Å². The van der Waals surface area contributed by atoms with Crippen LogP contribution in [0.3, 0.4) is 0 Å². The summed E-state index contributed by atoms with van der Waals surface area (Å²) in [5, 5.41) is 0. The third-order valence-corrected chi connectivity index (χ3v) is 1.83. The van der Waals surface area contributed by atoms with Gasteiger partial charge in [0.1, 0.15) is 11.9 Å². The second-order valence-electron chi connectivity index (χ2n) is 2.63. The maximum Gasteiger partial charge on any atom is 0.141 e. The third-order valence-electron chi connectivity index (χ3n) is 1.83. The van der Waals surface area contributed by atoms with Gasteiger partial charge in [0, 0.05) is 19.2 Å². The first-order chi connectivity index (χ1) is 5.40. The largest absolute Gasteiger partial charge is 0.487 e. The van der Waals surface area contributed by atoms with Crippen LogP contribution in [0.5, 0.6) is 5.75 Å². The Hall–Kier alpha value is -1.09. The molecule has 2 N–H and O–H groups in total. The van der Waals surface area contributed by atoms with E-state index in [1.165, 1.54) is 0 Å². The number of fused-ring (bicyclic) bond motifs is 1. The van der Waals surface area contributed by atoms with Crippen molar-refractivity contribution in [2.24, 2.45) is 5.73 Å². The zero-order valence-electron chi connectivity index (χ0n) is 6.16. The van der Waals surface area contributed by atoms with Gasteiger partial charge >= 0.3 is 0 Å².